The quantitative estimate of drug-likeness (QED) is 0.935. The van der Waals surface area contributed by atoms with E-state index in [1.165, 1.54) is 6.07 Å². The van der Waals surface area contributed by atoms with Gasteiger partial charge in [0.05, 0.1) is 5.69 Å². The maximum atomic E-state index is 11.1. The highest BCUT2D eigenvalue weighted by Gasteiger charge is 2.13. The number of nitrogens with zero attached hydrogens (tertiary/aromatic N) is 1. The molecule has 0 unspecified atom stereocenters. The van der Waals surface area contributed by atoms with Crippen molar-refractivity contribution in [2.75, 3.05) is 0 Å². The van der Waals surface area contributed by atoms with Crippen LogP contribution in [-0.4, -0.2) is 16.1 Å². The average molecular weight is 298 g/mol. The lowest BCUT2D eigenvalue weighted by atomic mass is 10.2. The molecule has 4 nitrogen and oxygen atoms in total. The van der Waals surface area contributed by atoms with Crippen LogP contribution in [0.3, 0.4) is 0 Å². The lowest BCUT2D eigenvalue weighted by molar-refractivity contribution is 0.0691. The van der Waals surface area contributed by atoms with Crippen molar-refractivity contribution in [3.05, 3.63) is 44.4 Å². The molecule has 100 valence electrons. The van der Waals surface area contributed by atoms with Gasteiger partial charge in [0, 0.05) is 9.90 Å². The molecule has 0 radical (unpaired) electrons. The molecular weight excluding hydrogens is 286 g/mol. The van der Waals surface area contributed by atoms with Crippen molar-refractivity contribution in [2.45, 2.75) is 20.5 Å². The molecule has 0 atom stereocenters. The first-order chi connectivity index (χ1) is 8.97. The summed E-state index contributed by atoms with van der Waals surface area (Å²) in [6, 6.07) is 4.53. The van der Waals surface area contributed by atoms with Crippen LogP contribution in [-0.2, 0) is 6.61 Å². The standard InChI is InChI=1S/C13H12ClNO3S/c1-7-8(2)19-12(15-7)6-18-11-4-3-9(14)5-10(11)13(16)17/h3-5H,6H2,1-2H3,(H,16,17). The Morgan fingerprint density at radius 3 is 2.79 bits per heavy atom. The first kappa shape index (κ1) is 13.8. The summed E-state index contributed by atoms with van der Waals surface area (Å²) in [6.07, 6.45) is 0. The SMILES string of the molecule is Cc1nc(COc2ccc(Cl)cc2C(=O)O)sc1C. The van der Waals surface area contributed by atoms with Gasteiger partial charge in [0.25, 0.3) is 0 Å². The zero-order valence-corrected chi connectivity index (χ0v) is 12.0. The van der Waals surface area contributed by atoms with E-state index in [1.807, 2.05) is 13.8 Å². The third-order valence-corrected chi connectivity index (χ3v) is 3.88. The van der Waals surface area contributed by atoms with Crippen LogP contribution in [0.2, 0.25) is 5.02 Å². The van der Waals surface area contributed by atoms with E-state index in [9.17, 15) is 4.79 Å². The normalized spacial score (nSPS) is 10.5. The van der Waals surface area contributed by atoms with Crippen LogP contribution in [0.15, 0.2) is 18.2 Å². The van der Waals surface area contributed by atoms with Gasteiger partial charge in [-0.05, 0) is 32.0 Å². The molecule has 1 aromatic carbocycles. The predicted octanol–water partition coefficient (Wildman–Crippen LogP) is 3.69. The van der Waals surface area contributed by atoms with Crippen LogP contribution in [0.4, 0.5) is 0 Å². The van der Waals surface area contributed by atoms with Crippen LogP contribution in [0, 0.1) is 13.8 Å². The molecule has 0 saturated carbocycles. The number of carboxylic acid groups (broad SMARTS) is 1. The van der Waals surface area contributed by atoms with Crippen LogP contribution >= 0.6 is 22.9 Å². The Kier molecular flexibility index (Phi) is 4.07. The van der Waals surface area contributed by atoms with Gasteiger partial charge in [0.2, 0.25) is 0 Å². The molecule has 1 aromatic heterocycles. The van der Waals surface area contributed by atoms with Crippen molar-refractivity contribution < 1.29 is 14.6 Å². The number of halogens is 1. The highest BCUT2D eigenvalue weighted by atomic mass is 35.5. The molecule has 2 aromatic rings. The molecular formula is C13H12ClNO3S. The fraction of sp³-hybridized carbons (Fsp3) is 0.231. The second-order valence-electron chi connectivity index (χ2n) is 3.98. The van der Waals surface area contributed by atoms with Gasteiger partial charge < -0.3 is 9.84 Å². The monoisotopic (exact) mass is 297 g/mol. The van der Waals surface area contributed by atoms with E-state index in [1.54, 1.807) is 23.5 Å². The van der Waals surface area contributed by atoms with E-state index < -0.39 is 5.97 Å². The molecule has 0 amide bonds. The molecule has 1 N–H and O–H groups in total. The first-order valence-electron chi connectivity index (χ1n) is 5.56. The highest BCUT2D eigenvalue weighted by molar-refractivity contribution is 7.11. The van der Waals surface area contributed by atoms with E-state index in [0.29, 0.717) is 10.8 Å². The van der Waals surface area contributed by atoms with E-state index in [0.717, 1.165) is 15.6 Å². The van der Waals surface area contributed by atoms with Gasteiger partial charge in [0.15, 0.2) is 0 Å². The Hall–Kier alpha value is -1.59. The zero-order chi connectivity index (χ0) is 14.0. The lowest BCUT2D eigenvalue weighted by Crippen LogP contribution is -2.03. The van der Waals surface area contributed by atoms with Crippen molar-refractivity contribution in [1.29, 1.82) is 0 Å². The maximum absolute atomic E-state index is 11.1. The Morgan fingerprint density at radius 1 is 1.47 bits per heavy atom. The molecule has 0 bridgehead atoms. The molecule has 19 heavy (non-hydrogen) atoms. The number of ether oxygens (including phenoxy) is 1. The van der Waals surface area contributed by atoms with Crippen LogP contribution in [0.25, 0.3) is 0 Å². The molecule has 0 fully saturated rings. The lowest BCUT2D eigenvalue weighted by Gasteiger charge is -2.07. The highest BCUT2D eigenvalue weighted by Crippen LogP contribution is 2.25. The van der Waals surface area contributed by atoms with Gasteiger partial charge in [0.1, 0.15) is 22.9 Å². The number of carbonyl (C=O) groups is 1. The number of aromatic carboxylic acids is 1. The summed E-state index contributed by atoms with van der Waals surface area (Å²) < 4.78 is 5.52. The van der Waals surface area contributed by atoms with E-state index in [2.05, 4.69) is 4.98 Å². The third kappa shape index (κ3) is 3.24. The fourth-order valence-corrected chi connectivity index (χ4v) is 2.55. The molecule has 0 spiro atoms. The minimum absolute atomic E-state index is 0.0532. The number of carboxylic acids is 1. The Morgan fingerprint density at radius 2 is 2.21 bits per heavy atom. The molecule has 0 saturated heterocycles. The second kappa shape index (κ2) is 5.59. The number of hydrogen-bond acceptors (Lipinski definition) is 4. The Balaban J connectivity index is 2.17. The molecule has 6 heteroatoms. The van der Waals surface area contributed by atoms with Gasteiger partial charge in [-0.2, -0.15) is 0 Å². The summed E-state index contributed by atoms with van der Waals surface area (Å²) in [5, 5.41) is 10.3. The van der Waals surface area contributed by atoms with Gasteiger partial charge in [-0.15, -0.1) is 11.3 Å². The summed E-state index contributed by atoms with van der Waals surface area (Å²) in [5.41, 5.74) is 1.02. The second-order valence-corrected chi connectivity index (χ2v) is 5.71. The van der Waals surface area contributed by atoms with Crippen molar-refractivity contribution in [2.24, 2.45) is 0 Å². The number of hydrogen-bond donors (Lipinski definition) is 1. The molecule has 1 heterocycles. The van der Waals surface area contributed by atoms with Crippen molar-refractivity contribution in [1.82, 2.24) is 4.98 Å². The van der Waals surface area contributed by atoms with Crippen molar-refractivity contribution in [3.63, 3.8) is 0 Å². The van der Waals surface area contributed by atoms with Crippen molar-refractivity contribution >= 4 is 28.9 Å². The number of aromatic nitrogens is 1. The van der Waals surface area contributed by atoms with Gasteiger partial charge >= 0.3 is 5.97 Å². The number of aryl methyl sites for hydroxylation is 2. The van der Waals surface area contributed by atoms with Gasteiger partial charge in [-0.3, -0.25) is 0 Å². The summed E-state index contributed by atoms with van der Waals surface area (Å²) in [7, 11) is 0. The molecule has 0 aliphatic carbocycles. The van der Waals surface area contributed by atoms with Gasteiger partial charge in [-0.1, -0.05) is 11.6 Å². The number of benzene rings is 1. The zero-order valence-electron chi connectivity index (χ0n) is 10.4. The smallest absolute Gasteiger partial charge is 0.339 e. The first-order valence-corrected chi connectivity index (χ1v) is 6.75. The summed E-state index contributed by atoms with van der Waals surface area (Å²) >= 11 is 7.31. The number of rotatable bonds is 4. The minimum atomic E-state index is -1.07. The van der Waals surface area contributed by atoms with E-state index in [4.69, 9.17) is 21.4 Å². The summed E-state index contributed by atoms with van der Waals surface area (Å²) in [4.78, 5) is 16.6. The average Bonchev–Trinajstić information content (AvgIpc) is 2.67. The van der Waals surface area contributed by atoms with Crippen LogP contribution in [0.1, 0.15) is 25.9 Å². The number of thiazole rings is 1. The van der Waals surface area contributed by atoms with Gasteiger partial charge in [-0.25, -0.2) is 9.78 Å². The summed E-state index contributed by atoms with van der Waals surface area (Å²) in [6.45, 7) is 4.17. The van der Waals surface area contributed by atoms with Crippen LogP contribution < -0.4 is 4.74 Å². The largest absolute Gasteiger partial charge is 0.486 e. The van der Waals surface area contributed by atoms with Crippen molar-refractivity contribution in [3.8, 4) is 5.75 Å². The Bertz CT molecular complexity index is 605. The molecule has 2 rings (SSSR count). The third-order valence-electron chi connectivity index (χ3n) is 2.60. The molecule has 0 aliphatic rings. The molecule has 0 aliphatic heterocycles. The minimum Gasteiger partial charge on any atom is -0.486 e. The maximum Gasteiger partial charge on any atom is 0.339 e. The van der Waals surface area contributed by atoms with E-state index >= 15 is 0 Å². The predicted molar refractivity (Wildman–Crippen MR) is 74.3 cm³/mol. The van der Waals surface area contributed by atoms with E-state index in [-0.39, 0.29) is 12.2 Å². The summed E-state index contributed by atoms with van der Waals surface area (Å²) in [5.74, 6) is -0.772. The van der Waals surface area contributed by atoms with Crippen LogP contribution in [0.5, 0.6) is 5.75 Å². The fourth-order valence-electron chi connectivity index (χ4n) is 1.54. The Labute approximate surface area is 119 Å². The topological polar surface area (TPSA) is 59.4 Å².